The molecule has 22 heavy (non-hydrogen) atoms. The van der Waals surface area contributed by atoms with Gasteiger partial charge in [-0.2, -0.15) is 0 Å². The summed E-state index contributed by atoms with van der Waals surface area (Å²) in [7, 11) is 0. The van der Waals surface area contributed by atoms with Crippen molar-refractivity contribution in [2.24, 2.45) is 5.92 Å². The number of likely N-dealkylation sites (tertiary alicyclic amines) is 1. The van der Waals surface area contributed by atoms with Crippen LogP contribution in [0.1, 0.15) is 31.5 Å². The third-order valence-corrected chi connectivity index (χ3v) is 5.45. The van der Waals surface area contributed by atoms with Gasteiger partial charge in [0.2, 0.25) is 5.91 Å². The molecule has 1 saturated heterocycles. The monoisotopic (exact) mass is 293 g/mol. The van der Waals surface area contributed by atoms with Gasteiger partial charge < -0.3 is 4.90 Å². The standard InChI is InChI=1S/C20H21NO.H2/c1-20-14-21(13-15-7-3-2-4-8-15)19(22)18(20)12-11-16-9-5-6-10-17(16)20;/h2-10,18H,11-14H2,1H3;1H/t18-,20?;/m0./s1. The van der Waals surface area contributed by atoms with Crippen LogP contribution in [-0.2, 0) is 23.2 Å². The number of fused-ring (bicyclic) bond motifs is 3. The largest absolute Gasteiger partial charge is 0.337 e. The molecule has 1 aliphatic carbocycles. The summed E-state index contributed by atoms with van der Waals surface area (Å²) in [6.07, 6.45) is 2.01. The molecule has 2 aliphatic rings. The van der Waals surface area contributed by atoms with E-state index in [4.69, 9.17) is 0 Å². The highest BCUT2D eigenvalue weighted by molar-refractivity contribution is 5.84. The number of hydrogen-bond acceptors (Lipinski definition) is 1. The van der Waals surface area contributed by atoms with Crippen LogP contribution < -0.4 is 0 Å². The predicted molar refractivity (Wildman–Crippen MR) is 89.6 cm³/mol. The SMILES string of the molecule is CC12CN(Cc3ccccc3)C(=O)[C@@H]1CCc1ccccc12.[HH]. The molecule has 1 heterocycles. The summed E-state index contributed by atoms with van der Waals surface area (Å²) in [4.78, 5) is 14.9. The first kappa shape index (κ1) is 13.6. The summed E-state index contributed by atoms with van der Waals surface area (Å²) in [5.74, 6) is 0.479. The zero-order valence-corrected chi connectivity index (χ0v) is 13.0. The average Bonchev–Trinajstić information content (AvgIpc) is 2.80. The molecule has 1 unspecified atom stereocenters. The Hall–Kier alpha value is -2.09. The van der Waals surface area contributed by atoms with Crippen LogP contribution >= 0.6 is 0 Å². The summed E-state index contributed by atoms with van der Waals surface area (Å²) in [6, 6.07) is 19.0. The molecule has 4 rings (SSSR count). The molecule has 0 aromatic heterocycles. The molecule has 1 aliphatic heterocycles. The Labute approximate surface area is 133 Å². The van der Waals surface area contributed by atoms with E-state index in [1.54, 1.807) is 0 Å². The highest BCUT2D eigenvalue weighted by Gasteiger charge is 2.51. The van der Waals surface area contributed by atoms with E-state index in [9.17, 15) is 4.79 Å². The topological polar surface area (TPSA) is 20.3 Å². The lowest BCUT2D eigenvalue weighted by Crippen LogP contribution is -2.37. The van der Waals surface area contributed by atoms with E-state index >= 15 is 0 Å². The van der Waals surface area contributed by atoms with Crippen LogP contribution in [0.15, 0.2) is 54.6 Å². The molecule has 0 bridgehead atoms. The third-order valence-electron chi connectivity index (χ3n) is 5.45. The first-order chi connectivity index (χ1) is 10.7. The maximum atomic E-state index is 12.9. The minimum atomic E-state index is -0.0271. The van der Waals surface area contributed by atoms with Crippen molar-refractivity contribution in [3.63, 3.8) is 0 Å². The van der Waals surface area contributed by atoms with Crippen LogP contribution in [0.25, 0.3) is 0 Å². The fraction of sp³-hybridized carbons (Fsp3) is 0.350. The maximum Gasteiger partial charge on any atom is 0.226 e. The molecule has 0 saturated carbocycles. The van der Waals surface area contributed by atoms with Gasteiger partial charge in [-0.25, -0.2) is 0 Å². The van der Waals surface area contributed by atoms with Gasteiger partial charge in [-0.1, -0.05) is 61.5 Å². The van der Waals surface area contributed by atoms with Gasteiger partial charge in [0.05, 0.1) is 0 Å². The van der Waals surface area contributed by atoms with Crippen molar-refractivity contribution in [1.29, 1.82) is 0 Å². The second kappa shape index (κ2) is 4.98. The van der Waals surface area contributed by atoms with Gasteiger partial charge in [-0.15, -0.1) is 0 Å². The van der Waals surface area contributed by atoms with E-state index in [1.807, 2.05) is 18.2 Å². The van der Waals surface area contributed by atoms with Crippen LogP contribution in [0.4, 0.5) is 0 Å². The number of benzene rings is 2. The van der Waals surface area contributed by atoms with E-state index in [1.165, 1.54) is 16.7 Å². The highest BCUT2D eigenvalue weighted by atomic mass is 16.2. The second-order valence-corrected chi connectivity index (χ2v) is 6.85. The number of hydrogen-bond donors (Lipinski definition) is 0. The molecule has 0 radical (unpaired) electrons. The lowest BCUT2D eigenvalue weighted by atomic mass is 9.66. The fourth-order valence-corrected chi connectivity index (χ4v) is 4.33. The van der Waals surface area contributed by atoms with Crippen molar-refractivity contribution in [3.8, 4) is 0 Å². The second-order valence-electron chi connectivity index (χ2n) is 6.85. The Morgan fingerprint density at radius 3 is 2.68 bits per heavy atom. The normalized spacial score (nSPS) is 26.7. The molecule has 2 heteroatoms. The molecule has 0 spiro atoms. The van der Waals surface area contributed by atoms with Crippen molar-refractivity contribution < 1.29 is 6.22 Å². The minimum Gasteiger partial charge on any atom is -0.337 e. The Bertz CT molecular complexity index is 715. The maximum absolute atomic E-state index is 12.9. The van der Waals surface area contributed by atoms with E-state index < -0.39 is 0 Å². The Kier molecular flexibility index (Phi) is 3.07. The summed E-state index contributed by atoms with van der Waals surface area (Å²) >= 11 is 0. The van der Waals surface area contributed by atoms with Crippen LogP contribution in [0.5, 0.6) is 0 Å². The van der Waals surface area contributed by atoms with Crippen molar-refractivity contribution in [1.82, 2.24) is 4.90 Å². The first-order valence-electron chi connectivity index (χ1n) is 8.09. The average molecular weight is 293 g/mol. The van der Waals surface area contributed by atoms with E-state index in [-0.39, 0.29) is 12.8 Å². The molecular formula is C20H23NO. The number of carbonyl (C=O) groups excluding carboxylic acids is 1. The fourth-order valence-electron chi connectivity index (χ4n) is 4.33. The summed E-state index contributed by atoms with van der Waals surface area (Å²) in [5.41, 5.74) is 4.00. The molecule has 2 atom stereocenters. The van der Waals surface area contributed by atoms with Crippen molar-refractivity contribution in [2.75, 3.05) is 6.54 Å². The van der Waals surface area contributed by atoms with Crippen LogP contribution in [-0.4, -0.2) is 17.4 Å². The Balaban J connectivity index is 0.00000156. The van der Waals surface area contributed by atoms with Gasteiger partial charge in [0.1, 0.15) is 0 Å². The summed E-state index contributed by atoms with van der Waals surface area (Å²) in [6.45, 7) is 3.84. The van der Waals surface area contributed by atoms with E-state index in [0.717, 1.165) is 25.9 Å². The lowest BCUT2D eigenvalue weighted by Gasteiger charge is -2.36. The molecule has 0 N–H and O–H groups in total. The third kappa shape index (κ3) is 1.98. The molecule has 2 nitrogen and oxygen atoms in total. The van der Waals surface area contributed by atoms with Crippen LogP contribution in [0, 0.1) is 5.92 Å². The zero-order valence-electron chi connectivity index (χ0n) is 13.0. The summed E-state index contributed by atoms with van der Waals surface area (Å²) in [5, 5.41) is 0. The van der Waals surface area contributed by atoms with Crippen LogP contribution in [0.3, 0.4) is 0 Å². The number of amides is 1. The Morgan fingerprint density at radius 1 is 1.14 bits per heavy atom. The number of rotatable bonds is 2. The predicted octanol–water partition coefficient (Wildman–Crippen LogP) is 3.80. The number of carbonyl (C=O) groups is 1. The quantitative estimate of drug-likeness (QED) is 0.825. The van der Waals surface area contributed by atoms with Gasteiger partial charge >= 0.3 is 0 Å². The highest BCUT2D eigenvalue weighted by Crippen LogP contribution is 2.47. The number of nitrogens with zero attached hydrogens (tertiary/aromatic N) is 1. The van der Waals surface area contributed by atoms with Gasteiger partial charge in [-0.3, -0.25) is 4.79 Å². The number of aryl methyl sites for hydroxylation is 1. The van der Waals surface area contributed by atoms with E-state index in [0.29, 0.717) is 5.91 Å². The molecule has 1 amide bonds. The first-order valence-corrected chi connectivity index (χ1v) is 8.09. The molecule has 1 fully saturated rings. The molecule has 2 aromatic rings. The van der Waals surface area contributed by atoms with Crippen molar-refractivity contribution in [3.05, 3.63) is 71.3 Å². The van der Waals surface area contributed by atoms with E-state index in [2.05, 4.69) is 48.2 Å². The van der Waals surface area contributed by atoms with Crippen molar-refractivity contribution >= 4 is 5.91 Å². The van der Waals surface area contributed by atoms with Crippen LogP contribution in [0.2, 0.25) is 0 Å². The smallest absolute Gasteiger partial charge is 0.226 e. The lowest BCUT2D eigenvalue weighted by molar-refractivity contribution is -0.132. The molecular weight excluding hydrogens is 270 g/mol. The van der Waals surface area contributed by atoms with Gasteiger partial charge in [-0.05, 0) is 29.5 Å². The summed E-state index contributed by atoms with van der Waals surface area (Å²) < 4.78 is 0. The van der Waals surface area contributed by atoms with Gasteiger partial charge in [0.15, 0.2) is 0 Å². The molecule has 2 aromatic carbocycles. The van der Waals surface area contributed by atoms with Gasteiger partial charge in [0.25, 0.3) is 0 Å². The van der Waals surface area contributed by atoms with Crippen molar-refractivity contribution in [2.45, 2.75) is 31.7 Å². The Morgan fingerprint density at radius 2 is 1.86 bits per heavy atom. The minimum absolute atomic E-state index is 0. The zero-order chi connectivity index (χ0) is 15.2. The van der Waals surface area contributed by atoms with Gasteiger partial charge in [0, 0.05) is 25.8 Å². The molecule has 114 valence electrons.